The summed E-state index contributed by atoms with van der Waals surface area (Å²) < 4.78 is 6.08. The summed E-state index contributed by atoms with van der Waals surface area (Å²) in [4.78, 5) is 18.3. The quantitative estimate of drug-likeness (QED) is 0.606. The molecule has 1 aliphatic heterocycles. The molecule has 1 aliphatic rings. The molecule has 0 unspecified atom stereocenters. The van der Waals surface area contributed by atoms with Gasteiger partial charge in [-0.05, 0) is 65.0 Å². The van der Waals surface area contributed by atoms with Gasteiger partial charge in [-0.15, -0.1) is 0 Å². The minimum Gasteiger partial charge on any atom is -0.504 e. The van der Waals surface area contributed by atoms with Gasteiger partial charge < -0.3 is 9.84 Å². The number of carbonyl (C=O) groups is 1. The van der Waals surface area contributed by atoms with E-state index in [9.17, 15) is 9.90 Å². The van der Waals surface area contributed by atoms with Gasteiger partial charge in [0.25, 0.3) is 5.91 Å². The number of ether oxygens (including phenoxy) is 1. The van der Waals surface area contributed by atoms with E-state index >= 15 is 0 Å². The lowest BCUT2D eigenvalue weighted by molar-refractivity contribution is -0.121. The molecule has 0 radical (unpaired) electrons. The van der Waals surface area contributed by atoms with Crippen LogP contribution in [0.3, 0.4) is 0 Å². The topological polar surface area (TPSA) is 62.1 Å². The number of hydrogen-bond donors (Lipinski definition) is 1. The Bertz CT molecular complexity index is 643. The second-order valence-corrected chi connectivity index (χ2v) is 6.43. The molecule has 112 valence electrons. The fourth-order valence-electron chi connectivity index (χ4n) is 1.84. The largest absolute Gasteiger partial charge is 0.504 e. The SMILES string of the molecule is CCOc1cc(/C=C2\SC(=NC)N(C)C2=O)cc(I)c1O. The summed E-state index contributed by atoms with van der Waals surface area (Å²) in [6, 6.07) is 3.53. The van der Waals surface area contributed by atoms with Crippen molar-refractivity contribution < 1.29 is 14.6 Å². The number of likely N-dealkylation sites (N-methyl/N-ethyl adjacent to an activating group) is 1. The summed E-state index contributed by atoms with van der Waals surface area (Å²) in [5, 5.41) is 10.6. The Balaban J connectivity index is 2.40. The van der Waals surface area contributed by atoms with Gasteiger partial charge in [-0.25, -0.2) is 0 Å². The predicted octanol–water partition coefficient (Wildman–Crippen LogP) is 2.93. The van der Waals surface area contributed by atoms with Crippen molar-refractivity contribution in [1.82, 2.24) is 4.90 Å². The molecule has 21 heavy (non-hydrogen) atoms. The zero-order valence-electron chi connectivity index (χ0n) is 11.9. The maximum atomic E-state index is 12.1. The Hall–Kier alpha value is -1.22. The molecule has 0 bridgehead atoms. The number of amidine groups is 1. The molecule has 5 nitrogen and oxygen atoms in total. The molecule has 0 spiro atoms. The average Bonchev–Trinajstić information content (AvgIpc) is 2.72. The summed E-state index contributed by atoms with van der Waals surface area (Å²) in [5.41, 5.74) is 0.808. The van der Waals surface area contributed by atoms with Crippen LogP contribution in [0.5, 0.6) is 11.5 Å². The number of amides is 1. The van der Waals surface area contributed by atoms with E-state index in [1.165, 1.54) is 16.7 Å². The number of nitrogens with zero attached hydrogens (tertiary/aromatic N) is 2. The molecule has 7 heteroatoms. The van der Waals surface area contributed by atoms with Crippen LogP contribution in [0.1, 0.15) is 12.5 Å². The molecule has 1 amide bonds. The molecule has 0 aliphatic carbocycles. The fraction of sp³-hybridized carbons (Fsp3) is 0.286. The average molecular weight is 418 g/mol. The first-order chi connectivity index (χ1) is 9.97. The number of benzene rings is 1. The van der Waals surface area contributed by atoms with Crippen LogP contribution in [-0.2, 0) is 4.79 Å². The first-order valence-electron chi connectivity index (χ1n) is 6.27. The standard InChI is InChI=1S/C14H15IN2O3S/c1-4-20-10-6-8(5-9(15)12(10)18)7-11-13(19)17(3)14(16-2)21-11/h5-7,18H,4H2,1-3H3/b11-7-,16-14?. The van der Waals surface area contributed by atoms with Gasteiger partial charge in [-0.1, -0.05) is 0 Å². The van der Waals surface area contributed by atoms with Gasteiger partial charge in [0.1, 0.15) is 0 Å². The van der Waals surface area contributed by atoms with E-state index < -0.39 is 0 Å². The predicted molar refractivity (Wildman–Crippen MR) is 93.7 cm³/mol. The minimum atomic E-state index is -0.0818. The van der Waals surface area contributed by atoms with Crippen molar-refractivity contribution in [2.24, 2.45) is 4.99 Å². The monoisotopic (exact) mass is 418 g/mol. The number of halogens is 1. The highest BCUT2D eigenvalue weighted by molar-refractivity contribution is 14.1. The molecule has 0 aromatic heterocycles. The number of phenolic OH excluding ortho intramolecular Hbond substituents is 1. The van der Waals surface area contributed by atoms with E-state index in [0.717, 1.165) is 5.56 Å². The van der Waals surface area contributed by atoms with Crippen LogP contribution in [0.4, 0.5) is 0 Å². The Morgan fingerprint density at radius 2 is 2.24 bits per heavy atom. The number of thioether (sulfide) groups is 1. The van der Waals surface area contributed by atoms with Crippen LogP contribution < -0.4 is 4.74 Å². The molecule has 1 heterocycles. The van der Waals surface area contributed by atoms with Gasteiger partial charge in [-0.2, -0.15) is 0 Å². The molecule has 1 aromatic rings. The van der Waals surface area contributed by atoms with E-state index in [-0.39, 0.29) is 11.7 Å². The lowest BCUT2D eigenvalue weighted by Crippen LogP contribution is -2.23. The van der Waals surface area contributed by atoms with Crippen molar-refractivity contribution in [3.05, 3.63) is 26.2 Å². The molecular formula is C14H15IN2O3S. The lowest BCUT2D eigenvalue weighted by atomic mass is 10.2. The maximum absolute atomic E-state index is 12.1. The molecule has 2 rings (SSSR count). The van der Waals surface area contributed by atoms with Crippen LogP contribution in [0.2, 0.25) is 0 Å². The minimum absolute atomic E-state index is 0.0818. The Morgan fingerprint density at radius 3 is 2.81 bits per heavy atom. The first-order valence-corrected chi connectivity index (χ1v) is 8.17. The molecule has 1 aromatic carbocycles. The molecule has 1 N–H and O–H groups in total. The number of carbonyl (C=O) groups excluding carboxylic acids is 1. The van der Waals surface area contributed by atoms with Crippen molar-refractivity contribution in [3.8, 4) is 11.5 Å². The third kappa shape index (κ3) is 3.34. The second-order valence-electron chi connectivity index (χ2n) is 4.26. The van der Waals surface area contributed by atoms with E-state index in [0.29, 0.717) is 26.0 Å². The summed E-state index contributed by atoms with van der Waals surface area (Å²) >= 11 is 3.37. The molecule has 1 fully saturated rings. The molecule has 1 saturated heterocycles. The van der Waals surface area contributed by atoms with Crippen molar-refractivity contribution in [2.45, 2.75) is 6.92 Å². The zero-order chi connectivity index (χ0) is 15.6. The summed E-state index contributed by atoms with van der Waals surface area (Å²) in [5.74, 6) is 0.462. The van der Waals surface area contributed by atoms with Crippen molar-refractivity contribution >= 4 is 51.5 Å². The second kappa shape index (κ2) is 6.69. The van der Waals surface area contributed by atoms with Gasteiger partial charge in [0.05, 0.1) is 15.1 Å². The van der Waals surface area contributed by atoms with Gasteiger partial charge in [0, 0.05) is 14.1 Å². The van der Waals surface area contributed by atoms with Gasteiger partial charge >= 0.3 is 0 Å². The van der Waals surface area contributed by atoms with Crippen LogP contribution in [0.15, 0.2) is 22.0 Å². The number of aliphatic imine (C=N–C) groups is 1. The number of rotatable bonds is 3. The molecule has 0 saturated carbocycles. The smallest absolute Gasteiger partial charge is 0.266 e. The zero-order valence-corrected chi connectivity index (χ0v) is 14.9. The van der Waals surface area contributed by atoms with Crippen LogP contribution in [0.25, 0.3) is 6.08 Å². The van der Waals surface area contributed by atoms with Gasteiger partial charge in [-0.3, -0.25) is 14.7 Å². The number of aromatic hydroxyl groups is 1. The number of phenols is 1. The third-order valence-corrected chi connectivity index (χ3v) is 4.82. The highest BCUT2D eigenvalue weighted by Crippen LogP contribution is 2.36. The Labute approximate surface area is 141 Å². The van der Waals surface area contributed by atoms with Gasteiger partial charge in [0.2, 0.25) is 0 Å². The molecule has 0 atom stereocenters. The maximum Gasteiger partial charge on any atom is 0.266 e. The molecular weight excluding hydrogens is 403 g/mol. The highest BCUT2D eigenvalue weighted by Gasteiger charge is 2.29. The van der Waals surface area contributed by atoms with Crippen LogP contribution in [0, 0.1) is 3.57 Å². The van der Waals surface area contributed by atoms with E-state index in [1.54, 1.807) is 32.3 Å². The summed E-state index contributed by atoms with van der Waals surface area (Å²) in [6.45, 7) is 2.32. The normalized spacial score (nSPS) is 18.9. The van der Waals surface area contributed by atoms with E-state index in [2.05, 4.69) is 4.99 Å². The van der Waals surface area contributed by atoms with E-state index in [4.69, 9.17) is 4.74 Å². The Morgan fingerprint density at radius 1 is 1.52 bits per heavy atom. The van der Waals surface area contributed by atoms with Crippen molar-refractivity contribution in [3.63, 3.8) is 0 Å². The van der Waals surface area contributed by atoms with Crippen molar-refractivity contribution in [2.75, 3.05) is 20.7 Å². The van der Waals surface area contributed by atoms with Crippen molar-refractivity contribution in [1.29, 1.82) is 0 Å². The Kier molecular flexibility index (Phi) is 5.15. The highest BCUT2D eigenvalue weighted by atomic mass is 127. The lowest BCUT2D eigenvalue weighted by Gasteiger charge is -2.09. The van der Waals surface area contributed by atoms with Crippen LogP contribution >= 0.6 is 34.4 Å². The first kappa shape index (κ1) is 16.2. The summed E-state index contributed by atoms with van der Waals surface area (Å²) in [7, 11) is 3.36. The number of hydrogen-bond acceptors (Lipinski definition) is 5. The van der Waals surface area contributed by atoms with Gasteiger partial charge in [0.15, 0.2) is 16.7 Å². The summed E-state index contributed by atoms with van der Waals surface area (Å²) in [6.07, 6.45) is 1.78. The van der Waals surface area contributed by atoms with Crippen LogP contribution in [-0.4, -0.2) is 41.8 Å². The fourth-order valence-corrected chi connectivity index (χ4v) is 3.40. The third-order valence-electron chi connectivity index (χ3n) is 2.84. The van der Waals surface area contributed by atoms with E-state index in [1.807, 2.05) is 29.5 Å².